The van der Waals surface area contributed by atoms with Gasteiger partial charge in [-0.05, 0) is 51.8 Å². The van der Waals surface area contributed by atoms with E-state index in [4.69, 9.17) is 27.6 Å². The molecule has 184 valence electrons. The van der Waals surface area contributed by atoms with Crippen LogP contribution in [0.5, 0.6) is 0 Å². The molecule has 0 bridgehead atoms. The summed E-state index contributed by atoms with van der Waals surface area (Å²) in [7, 11) is 0. The third-order valence-corrected chi connectivity index (χ3v) is 5.93. The van der Waals surface area contributed by atoms with E-state index in [-0.39, 0.29) is 23.9 Å². The van der Waals surface area contributed by atoms with Gasteiger partial charge in [-0.3, -0.25) is 14.2 Å². The van der Waals surface area contributed by atoms with Crippen molar-refractivity contribution in [3.05, 3.63) is 85.6 Å². The number of amides is 1. The minimum absolute atomic E-state index is 0.0722. The maximum atomic E-state index is 13.2. The molecule has 7 nitrogen and oxygen atoms in total. The van der Waals surface area contributed by atoms with Crippen LogP contribution in [0.3, 0.4) is 0 Å². The highest BCUT2D eigenvalue weighted by atomic mass is 79.9. The van der Waals surface area contributed by atoms with E-state index >= 15 is 0 Å². The van der Waals surface area contributed by atoms with Crippen LogP contribution < -0.4 is 5.32 Å². The molecule has 3 heterocycles. The monoisotopic (exact) mass is 593 g/mol. The fourth-order valence-electron chi connectivity index (χ4n) is 3.15. The number of hydrogen-bond acceptors (Lipinski definition) is 4. The molecule has 4 rings (SSSR count). The summed E-state index contributed by atoms with van der Waals surface area (Å²) in [5, 5.41) is 11.3. The third kappa shape index (κ3) is 5.88. The standard InChI is InChI=1S/C21H14BrCl2F4N5O2/c22-13-9-32(7-10-1-2-11(23)5-14(10)24)31-20(13)29-21(34)17-4-3-12(35-17)8-33-16(19(27)28)6-15(30-33)18(25)26/h1-6,9,18-19H,7-8H2,(H,29,31,34). The number of nitrogens with zero attached hydrogens (tertiary/aromatic N) is 4. The number of carbonyl (C=O) groups excluding carboxylic acids is 1. The van der Waals surface area contributed by atoms with E-state index in [2.05, 4.69) is 31.4 Å². The van der Waals surface area contributed by atoms with Crippen LogP contribution in [-0.4, -0.2) is 25.5 Å². The van der Waals surface area contributed by atoms with Crippen LogP contribution in [0.4, 0.5) is 23.4 Å². The summed E-state index contributed by atoms with van der Waals surface area (Å²) >= 11 is 15.4. The second-order valence-corrected chi connectivity index (χ2v) is 8.93. The van der Waals surface area contributed by atoms with Gasteiger partial charge in [-0.15, -0.1) is 0 Å². The van der Waals surface area contributed by atoms with E-state index in [0.29, 0.717) is 31.8 Å². The van der Waals surface area contributed by atoms with Gasteiger partial charge in [-0.25, -0.2) is 17.6 Å². The lowest BCUT2D eigenvalue weighted by atomic mass is 10.2. The summed E-state index contributed by atoms with van der Waals surface area (Å²) in [5.74, 6) is -0.522. The van der Waals surface area contributed by atoms with Gasteiger partial charge in [0, 0.05) is 16.2 Å². The minimum atomic E-state index is -3.01. The molecule has 1 N–H and O–H groups in total. The highest BCUT2D eigenvalue weighted by Crippen LogP contribution is 2.27. The van der Waals surface area contributed by atoms with Crippen molar-refractivity contribution in [1.82, 2.24) is 19.6 Å². The summed E-state index contributed by atoms with van der Waals surface area (Å²) in [6, 6.07) is 8.38. The van der Waals surface area contributed by atoms with Gasteiger partial charge in [-0.2, -0.15) is 10.2 Å². The lowest BCUT2D eigenvalue weighted by molar-refractivity contribution is 0.0993. The van der Waals surface area contributed by atoms with Crippen LogP contribution >= 0.6 is 39.1 Å². The van der Waals surface area contributed by atoms with Crippen molar-refractivity contribution in [2.75, 3.05) is 5.32 Å². The molecule has 1 aromatic carbocycles. The molecule has 4 aromatic rings. The zero-order valence-corrected chi connectivity index (χ0v) is 20.5. The number of halogens is 7. The van der Waals surface area contributed by atoms with E-state index in [9.17, 15) is 22.4 Å². The highest BCUT2D eigenvalue weighted by molar-refractivity contribution is 9.10. The Morgan fingerprint density at radius 2 is 1.83 bits per heavy atom. The Kier molecular flexibility index (Phi) is 7.53. The molecule has 0 spiro atoms. The van der Waals surface area contributed by atoms with Gasteiger partial charge in [0.25, 0.3) is 18.8 Å². The number of carbonyl (C=O) groups is 1. The molecule has 0 radical (unpaired) electrons. The number of alkyl halides is 4. The first kappa shape index (κ1) is 25.3. The van der Waals surface area contributed by atoms with E-state index < -0.39 is 30.1 Å². The fourth-order valence-corrected chi connectivity index (χ4v) is 4.03. The summed E-state index contributed by atoms with van der Waals surface area (Å²) in [6.07, 6.45) is -4.37. The molecule has 3 aromatic heterocycles. The molecule has 14 heteroatoms. The van der Waals surface area contributed by atoms with Gasteiger partial charge in [0.2, 0.25) is 0 Å². The van der Waals surface area contributed by atoms with Crippen molar-refractivity contribution in [1.29, 1.82) is 0 Å². The zero-order valence-electron chi connectivity index (χ0n) is 17.4. The summed E-state index contributed by atoms with van der Waals surface area (Å²) in [6.45, 7) is -0.0494. The molecule has 1 amide bonds. The molecule has 35 heavy (non-hydrogen) atoms. The molecule has 0 unspecified atom stereocenters. The van der Waals surface area contributed by atoms with Gasteiger partial charge >= 0.3 is 0 Å². The maximum Gasteiger partial charge on any atom is 0.292 e. The number of nitrogens with one attached hydrogen (secondary N) is 1. The quantitative estimate of drug-likeness (QED) is 0.224. The Morgan fingerprint density at radius 1 is 1.06 bits per heavy atom. The molecule has 0 atom stereocenters. The third-order valence-electron chi connectivity index (χ3n) is 4.76. The minimum Gasteiger partial charge on any atom is -0.454 e. The normalized spacial score (nSPS) is 11.6. The first-order valence-corrected chi connectivity index (χ1v) is 11.4. The van der Waals surface area contributed by atoms with Crippen molar-refractivity contribution in [2.45, 2.75) is 25.9 Å². The SMILES string of the molecule is O=C(Nc1nn(Cc2ccc(Cl)cc2Cl)cc1Br)c1ccc(Cn2nc(C(F)F)cc2C(F)F)o1. The van der Waals surface area contributed by atoms with Crippen molar-refractivity contribution in [3.63, 3.8) is 0 Å². The smallest absolute Gasteiger partial charge is 0.292 e. The van der Waals surface area contributed by atoms with Gasteiger partial charge in [-0.1, -0.05) is 29.3 Å². The second-order valence-electron chi connectivity index (χ2n) is 7.23. The summed E-state index contributed by atoms with van der Waals surface area (Å²) in [5.41, 5.74) is -0.695. The van der Waals surface area contributed by atoms with Crippen molar-refractivity contribution in [3.8, 4) is 0 Å². The van der Waals surface area contributed by atoms with Crippen molar-refractivity contribution in [2.24, 2.45) is 0 Å². The Balaban J connectivity index is 1.45. The Bertz CT molecular complexity index is 1370. The van der Waals surface area contributed by atoms with Gasteiger partial charge in [0.15, 0.2) is 11.6 Å². The Morgan fingerprint density at radius 3 is 2.51 bits per heavy atom. The number of aromatic nitrogens is 4. The topological polar surface area (TPSA) is 77.9 Å². The molecule has 0 fully saturated rings. The van der Waals surface area contributed by atoms with Crippen LogP contribution in [0.15, 0.2) is 51.5 Å². The van der Waals surface area contributed by atoms with E-state index in [1.165, 1.54) is 12.1 Å². The molecule has 0 saturated heterocycles. The van der Waals surface area contributed by atoms with Gasteiger partial charge in [0.05, 0.1) is 17.6 Å². The van der Waals surface area contributed by atoms with Gasteiger partial charge < -0.3 is 9.73 Å². The van der Waals surface area contributed by atoms with Crippen LogP contribution in [0.2, 0.25) is 10.0 Å². The first-order valence-electron chi connectivity index (χ1n) is 9.81. The van der Waals surface area contributed by atoms with Crippen LogP contribution in [0.1, 0.15) is 46.1 Å². The highest BCUT2D eigenvalue weighted by Gasteiger charge is 2.22. The molecule has 0 saturated carbocycles. The van der Waals surface area contributed by atoms with E-state index in [1.807, 2.05) is 0 Å². The zero-order chi connectivity index (χ0) is 25.3. The number of furan rings is 1. The van der Waals surface area contributed by atoms with Crippen LogP contribution in [0, 0.1) is 0 Å². The van der Waals surface area contributed by atoms with E-state index in [0.717, 1.165) is 5.56 Å². The summed E-state index contributed by atoms with van der Waals surface area (Å²) in [4.78, 5) is 12.6. The number of rotatable bonds is 8. The lowest BCUT2D eigenvalue weighted by Crippen LogP contribution is -2.12. The molecular weight excluding hydrogens is 581 g/mol. The van der Waals surface area contributed by atoms with E-state index in [1.54, 1.807) is 29.1 Å². The second kappa shape index (κ2) is 10.4. The largest absolute Gasteiger partial charge is 0.454 e. The number of benzene rings is 1. The molecular formula is C21H14BrCl2F4N5O2. The van der Waals surface area contributed by atoms with Gasteiger partial charge in [0.1, 0.15) is 17.1 Å². The lowest BCUT2D eigenvalue weighted by Gasteiger charge is -2.05. The Hall–Kier alpha value is -2.83. The summed E-state index contributed by atoms with van der Waals surface area (Å²) < 4.78 is 60.2. The fraction of sp³-hybridized carbons (Fsp3) is 0.190. The van der Waals surface area contributed by atoms with Crippen LogP contribution in [0.25, 0.3) is 0 Å². The maximum absolute atomic E-state index is 13.2. The average molecular weight is 595 g/mol. The van der Waals surface area contributed by atoms with Crippen LogP contribution in [-0.2, 0) is 13.1 Å². The first-order chi connectivity index (χ1) is 16.6. The van der Waals surface area contributed by atoms with Crippen molar-refractivity contribution < 1.29 is 26.8 Å². The number of anilines is 1. The number of hydrogen-bond donors (Lipinski definition) is 1. The predicted octanol–water partition coefficient (Wildman–Crippen LogP) is 6.97. The predicted molar refractivity (Wildman–Crippen MR) is 123 cm³/mol. The Labute approximate surface area is 213 Å². The molecule has 0 aliphatic rings. The molecule has 0 aliphatic heterocycles. The average Bonchev–Trinajstić information content (AvgIpc) is 3.50. The van der Waals surface area contributed by atoms with Crippen molar-refractivity contribution >= 4 is 50.9 Å². The molecule has 0 aliphatic carbocycles.